The molecule has 1 aromatic carbocycles. The second-order valence-corrected chi connectivity index (χ2v) is 5.63. The number of halogens is 1. The summed E-state index contributed by atoms with van der Waals surface area (Å²) < 4.78 is 18.5. The summed E-state index contributed by atoms with van der Waals surface area (Å²) in [6.45, 7) is 2.37. The van der Waals surface area contributed by atoms with Gasteiger partial charge in [0, 0.05) is 17.8 Å². The van der Waals surface area contributed by atoms with Crippen LogP contribution in [0.1, 0.15) is 6.92 Å². The van der Waals surface area contributed by atoms with E-state index in [1.165, 1.54) is 12.1 Å². The SMILES string of the molecule is CSC(CO)C(C)NCC(O)COc1ccccc1F. The zero-order valence-electron chi connectivity index (χ0n) is 11.8. The largest absolute Gasteiger partial charge is 0.488 e. The maximum absolute atomic E-state index is 13.3. The molecular formula is C14H22FNO3S. The monoisotopic (exact) mass is 303 g/mol. The summed E-state index contributed by atoms with van der Waals surface area (Å²) >= 11 is 1.57. The van der Waals surface area contributed by atoms with Gasteiger partial charge in [-0.25, -0.2) is 4.39 Å². The third kappa shape index (κ3) is 5.66. The summed E-state index contributed by atoms with van der Waals surface area (Å²) in [6.07, 6.45) is 1.19. The van der Waals surface area contributed by atoms with Crippen LogP contribution in [0.4, 0.5) is 4.39 Å². The van der Waals surface area contributed by atoms with Crippen molar-refractivity contribution in [3.05, 3.63) is 30.1 Å². The van der Waals surface area contributed by atoms with Gasteiger partial charge in [-0.3, -0.25) is 0 Å². The first-order valence-corrected chi connectivity index (χ1v) is 7.79. The maximum atomic E-state index is 13.3. The van der Waals surface area contributed by atoms with Gasteiger partial charge in [0.05, 0.1) is 6.61 Å². The van der Waals surface area contributed by atoms with Gasteiger partial charge < -0.3 is 20.3 Å². The predicted octanol–water partition coefficient (Wildman–Crippen LogP) is 1.27. The molecule has 1 aromatic rings. The summed E-state index contributed by atoms with van der Waals surface area (Å²) in [4.78, 5) is 0. The number of hydrogen-bond acceptors (Lipinski definition) is 5. The first-order chi connectivity index (χ1) is 9.58. The van der Waals surface area contributed by atoms with Gasteiger partial charge in [-0.05, 0) is 25.3 Å². The van der Waals surface area contributed by atoms with Crippen LogP contribution in [0.25, 0.3) is 0 Å². The number of aliphatic hydroxyl groups is 2. The van der Waals surface area contributed by atoms with Gasteiger partial charge in [-0.15, -0.1) is 0 Å². The molecule has 0 heterocycles. The van der Waals surface area contributed by atoms with Gasteiger partial charge in [0.25, 0.3) is 0 Å². The molecule has 3 unspecified atom stereocenters. The molecule has 114 valence electrons. The van der Waals surface area contributed by atoms with Crippen LogP contribution in [-0.4, -0.2) is 53.6 Å². The molecule has 3 atom stereocenters. The summed E-state index contributed by atoms with van der Waals surface area (Å²) in [5.74, 6) is -0.305. The van der Waals surface area contributed by atoms with Gasteiger partial charge in [-0.2, -0.15) is 11.8 Å². The number of para-hydroxylation sites is 1. The van der Waals surface area contributed by atoms with E-state index in [1.807, 2.05) is 13.2 Å². The van der Waals surface area contributed by atoms with Crippen LogP contribution in [0.5, 0.6) is 5.75 Å². The highest BCUT2D eigenvalue weighted by atomic mass is 32.2. The number of ether oxygens (including phenoxy) is 1. The van der Waals surface area contributed by atoms with E-state index in [0.717, 1.165) is 0 Å². The lowest BCUT2D eigenvalue weighted by atomic mass is 10.2. The average molecular weight is 303 g/mol. The molecule has 0 saturated carbocycles. The summed E-state index contributed by atoms with van der Waals surface area (Å²) in [5.41, 5.74) is 0. The van der Waals surface area contributed by atoms with Crippen molar-refractivity contribution in [1.82, 2.24) is 5.32 Å². The molecule has 0 spiro atoms. The van der Waals surface area contributed by atoms with Gasteiger partial charge in [0.1, 0.15) is 12.7 Å². The molecule has 20 heavy (non-hydrogen) atoms. The van der Waals surface area contributed by atoms with E-state index in [1.54, 1.807) is 23.9 Å². The molecule has 0 fully saturated rings. The summed E-state index contributed by atoms with van der Waals surface area (Å²) in [7, 11) is 0. The summed E-state index contributed by atoms with van der Waals surface area (Å²) in [5, 5.41) is 22.2. The number of thioether (sulfide) groups is 1. The van der Waals surface area contributed by atoms with Crippen molar-refractivity contribution in [2.45, 2.75) is 24.3 Å². The van der Waals surface area contributed by atoms with Crippen LogP contribution in [0, 0.1) is 5.82 Å². The lowest BCUT2D eigenvalue weighted by Crippen LogP contribution is -2.42. The number of rotatable bonds is 9. The Bertz CT molecular complexity index is 390. The van der Waals surface area contributed by atoms with Crippen molar-refractivity contribution >= 4 is 11.8 Å². The van der Waals surface area contributed by atoms with Crippen molar-refractivity contribution in [2.75, 3.05) is 26.0 Å². The molecule has 4 nitrogen and oxygen atoms in total. The van der Waals surface area contributed by atoms with Crippen LogP contribution in [0.15, 0.2) is 24.3 Å². The molecule has 0 aliphatic carbocycles. The predicted molar refractivity (Wildman–Crippen MR) is 79.8 cm³/mol. The van der Waals surface area contributed by atoms with Crippen LogP contribution >= 0.6 is 11.8 Å². The fraction of sp³-hybridized carbons (Fsp3) is 0.571. The maximum Gasteiger partial charge on any atom is 0.165 e. The van der Waals surface area contributed by atoms with Gasteiger partial charge in [0.2, 0.25) is 0 Å². The van der Waals surface area contributed by atoms with E-state index in [-0.39, 0.29) is 30.3 Å². The Morgan fingerprint density at radius 1 is 1.40 bits per heavy atom. The molecule has 0 aliphatic heterocycles. The third-order valence-electron chi connectivity index (χ3n) is 2.98. The van der Waals surface area contributed by atoms with Crippen LogP contribution in [0.2, 0.25) is 0 Å². The molecule has 6 heteroatoms. The Morgan fingerprint density at radius 3 is 2.70 bits per heavy atom. The minimum absolute atomic E-state index is 0.0176. The lowest BCUT2D eigenvalue weighted by molar-refractivity contribution is 0.101. The Kier molecular flexibility index (Phi) is 7.91. The first kappa shape index (κ1) is 17.2. The molecule has 3 N–H and O–H groups in total. The lowest BCUT2D eigenvalue weighted by Gasteiger charge is -2.23. The van der Waals surface area contributed by atoms with Gasteiger partial charge in [-0.1, -0.05) is 12.1 Å². The molecule has 0 radical (unpaired) electrons. The fourth-order valence-corrected chi connectivity index (χ4v) is 2.35. The minimum atomic E-state index is -0.738. The highest BCUT2D eigenvalue weighted by molar-refractivity contribution is 7.99. The van der Waals surface area contributed by atoms with Crippen LogP contribution < -0.4 is 10.1 Å². The molecule has 0 aliphatic rings. The number of hydrogen-bond donors (Lipinski definition) is 3. The van der Waals surface area contributed by atoms with Gasteiger partial charge in [0.15, 0.2) is 11.6 Å². The van der Waals surface area contributed by atoms with Crippen molar-refractivity contribution in [1.29, 1.82) is 0 Å². The quantitative estimate of drug-likeness (QED) is 0.641. The molecule has 0 bridgehead atoms. The first-order valence-electron chi connectivity index (χ1n) is 6.51. The fourth-order valence-electron chi connectivity index (χ4n) is 1.70. The molecule has 1 rings (SSSR count). The van der Waals surface area contributed by atoms with Crippen molar-refractivity contribution in [3.63, 3.8) is 0 Å². The third-order valence-corrected chi connectivity index (χ3v) is 4.15. The topological polar surface area (TPSA) is 61.7 Å². The van der Waals surface area contributed by atoms with Gasteiger partial charge >= 0.3 is 0 Å². The number of benzene rings is 1. The number of aliphatic hydroxyl groups excluding tert-OH is 2. The number of nitrogens with one attached hydrogen (secondary N) is 1. The Hall–Kier alpha value is -0.820. The minimum Gasteiger partial charge on any atom is -0.488 e. The van der Waals surface area contributed by atoms with E-state index in [4.69, 9.17) is 9.84 Å². The van der Waals surface area contributed by atoms with E-state index >= 15 is 0 Å². The smallest absolute Gasteiger partial charge is 0.165 e. The van der Waals surface area contributed by atoms with Crippen molar-refractivity contribution in [2.24, 2.45) is 0 Å². The Labute approximate surface area is 123 Å². The van der Waals surface area contributed by atoms with E-state index in [9.17, 15) is 9.50 Å². The van der Waals surface area contributed by atoms with Crippen LogP contribution in [0.3, 0.4) is 0 Å². The molecule has 0 saturated heterocycles. The van der Waals surface area contributed by atoms with Crippen LogP contribution in [-0.2, 0) is 0 Å². The van der Waals surface area contributed by atoms with Crippen molar-refractivity contribution < 1.29 is 19.3 Å². The highest BCUT2D eigenvalue weighted by Gasteiger charge is 2.16. The zero-order valence-corrected chi connectivity index (χ0v) is 12.6. The Morgan fingerprint density at radius 2 is 2.10 bits per heavy atom. The highest BCUT2D eigenvalue weighted by Crippen LogP contribution is 2.15. The average Bonchev–Trinajstić information content (AvgIpc) is 2.45. The second-order valence-electron chi connectivity index (χ2n) is 4.55. The summed E-state index contributed by atoms with van der Waals surface area (Å²) in [6, 6.07) is 6.16. The molecular weight excluding hydrogens is 281 g/mol. The van der Waals surface area contributed by atoms with E-state index < -0.39 is 11.9 Å². The van der Waals surface area contributed by atoms with Crippen molar-refractivity contribution in [3.8, 4) is 5.75 Å². The second kappa shape index (κ2) is 9.18. The normalized spacial score (nSPS) is 15.7. The standard InChI is InChI=1S/C14H22FNO3S/c1-10(14(8-17)20-2)16-7-11(18)9-19-13-6-4-3-5-12(13)15/h3-6,10-11,14,16-18H,7-9H2,1-2H3. The van der Waals surface area contributed by atoms with E-state index in [2.05, 4.69) is 5.32 Å². The van der Waals surface area contributed by atoms with E-state index in [0.29, 0.717) is 6.54 Å². The molecule has 0 aromatic heterocycles. The zero-order chi connectivity index (χ0) is 15.0. The Balaban J connectivity index is 2.30. The molecule has 0 amide bonds.